The Morgan fingerprint density at radius 1 is 0.296 bits per heavy atom. The lowest BCUT2D eigenvalue weighted by atomic mass is 9.93. The Balaban J connectivity index is 1.16. The fourth-order valence-electron chi connectivity index (χ4n) is 7.94. The molecule has 1 aromatic heterocycles. The second-order valence-corrected chi connectivity index (χ2v) is 13.7. The minimum Gasteiger partial charge on any atom is -0.456 e. The van der Waals surface area contributed by atoms with Crippen molar-refractivity contribution in [3.05, 3.63) is 212 Å². The Hall–Kier alpha value is -7.16. The summed E-state index contributed by atoms with van der Waals surface area (Å²) in [6.07, 6.45) is 0. The SMILES string of the molecule is c1ccc(-c2ccc(N(c3ccc(-c4cccc5ccccc45)cc3)c3cccc(-c4cccc5oc6ccccc6c45)c3)cc2-c2ccccc2)cc1. The van der Waals surface area contributed by atoms with Gasteiger partial charge in [0.05, 0.1) is 0 Å². The van der Waals surface area contributed by atoms with Gasteiger partial charge in [-0.2, -0.15) is 0 Å². The van der Waals surface area contributed by atoms with Crippen LogP contribution in [0.15, 0.2) is 217 Å². The summed E-state index contributed by atoms with van der Waals surface area (Å²) in [6.45, 7) is 0. The predicted octanol–water partition coefficient (Wildman–Crippen LogP) is 14.9. The summed E-state index contributed by atoms with van der Waals surface area (Å²) in [5.41, 5.74) is 14.5. The van der Waals surface area contributed by atoms with Gasteiger partial charge in [0.2, 0.25) is 0 Å². The molecule has 0 bridgehead atoms. The summed E-state index contributed by atoms with van der Waals surface area (Å²) >= 11 is 0. The van der Waals surface area contributed by atoms with Gasteiger partial charge in [-0.3, -0.25) is 0 Å². The van der Waals surface area contributed by atoms with Gasteiger partial charge in [-0.25, -0.2) is 0 Å². The van der Waals surface area contributed by atoms with Gasteiger partial charge >= 0.3 is 0 Å². The zero-order valence-electron chi connectivity index (χ0n) is 29.6. The van der Waals surface area contributed by atoms with E-state index in [9.17, 15) is 0 Å². The average Bonchev–Trinajstić information content (AvgIpc) is 3.64. The molecule has 0 unspecified atom stereocenters. The highest BCUT2D eigenvalue weighted by Crippen LogP contribution is 2.43. The van der Waals surface area contributed by atoms with E-state index >= 15 is 0 Å². The molecular weight excluding hydrogens is 655 g/mol. The molecule has 2 nitrogen and oxygen atoms in total. The molecule has 10 rings (SSSR count). The van der Waals surface area contributed by atoms with Crippen LogP contribution in [0.25, 0.3) is 77.2 Å². The summed E-state index contributed by atoms with van der Waals surface area (Å²) in [5.74, 6) is 0. The van der Waals surface area contributed by atoms with Crippen LogP contribution in [0.5, 0.6) is 0 Å². The maximum Gasteiger partial charge on any atom is 0.136 e. The number of anilines is 3. The fourth-order valence-corrected chi connectivity index (χ4v) is 7.94. The summed E-state index contributed by atoms with van der Waals surface area (Å²) in [7, 11) is 0. The van der Waals surface area contributed by atoms with Crippen molar-refractivity contribution in [2.45, 2.75) is 0 Å². The van der Waals surface area contributed by atoms with Gasteiger partial charge in [-0.1, -0.05) is 164 Å². The van der Waals surface area contributed by atoms with Crippen LogP contribution in [0, 0.1) is 0 Å². The Kier molecular flexibility index (Phi) is 7.85. The molecule has 0 N–H and O–H groups in total. The molecule has 0 spiro atoms. The van der Waals surface area contributed by atoms with Crippen molar-refractivity contribution < 1.29 is 4.42 Å². The first-order valence-corrected chi connectivity index (χ1v) is 18.4. The average molecular weight is 690 g/mol. The van der Waals surface area contributed by atoms with Gasteiger partial charge in [-0.15, -0.1) is 0 Å². The summed E-state index contributed by atoms with van der Waals surface area (Å²) in [4.78, 5) is 2.38. The molecule has 0 saturated carbocycles. The molecule has 2 heteroatoms. The van der Waals surface area contributed by atoms with Gasteiger partial charge < -0.3 is 9.32 Å². The number of rotatable bonds is 7. The molecule has 10 aromatic rings. The minimum absolute atomic E-state index is 0.893. The molecule has 9 aromatic carbocycles. The fraction of sp³-hybridized carbons (Fsp3) is 0. The van der Waals surface area contributed by atoms with Crippen LogP contribution in [-0.2, 0) is 0 Å². The zero-order chi connectivity index (χ0) is 35.8. The molecule has 54 heavy (non-hydrogen) atoms. The van der Waals surface area contributed by atoms with Crippen molar-refractivity contribution >= 4 is 49.8 Å². The van der Waals surface area contributed by atoms with E-state index in [0.29, 0.717) is 0 Å². The van der Waals surface area contributed by atoms with Crippen LogP contribution in [0.4, 0.5) is 17.1 Å². The van der Waals surface area contributed by atoms with Crippen molar-refractivity contribution in [2.75, 3.05) is 4.90 Å². The number of fused-ring (bicyclic) bond motifs is 4. The standard InChI is InChI=1S/C52H35NO/c1-3-14-36(15-4-1)46-33-32-43(35-49(46)38-16-5-2-6-17-38)53(41-30-28-39(29-31-41)45-24-12-19-37-18-7-8-22-44(37)45)42-21-11-20-40(34-42)47-25-13-27-51-52(47)48-23-9-10-26-50(48)54-51/h1-35H. The normalized spacial score (nSPS) is 11.3. The number of benzene rings is 9. The molecule has 0 fully saturated rings. The first-order chi connectivity index (χ1) is 26.8. The van der Waals surface area contributed by atoms with Crippen molar-refractivity contribution in [3.8, 4) is 44.5 Å². The van der Waals surface area contributed by atoms with Crippen molar-refractivity contribution in [3.63, 3.8) is 0 Å². The summed E-state index contributed by atoms with van der Waals surface area (Å²) in [6, 6.07) is 75.9. The third kappa shape index (κ3) is 5.62. The molecule has 0 atom stereocenters. The van der Waals surface area contributed by atoms with Gasteiger partial charge in [-0.05, 0) is 104 Å². The van der Waals surface area contributed by atoms with E-state index in [-0.39, 0.29) is 0 Å². The van der Waals surface area contributed by atoms with Crippen LogP contribution < -0.4 is 4.90 Å². The van der Waals surface area contributed by atoms with Gasteiger partial charge in [0.25, 0.3) is 0 Å². The van der Waals surface area contributed by atoms with E-state index in [1.807, 2.05) is 12.1 Å². The van der Waals surface area contributed by atoms with Crippen LogP contribution >= 0.6 is 0 Å². The van der Waals surface area contributed by atoms with Crippen LogP contribution in [-0.4, -0.2) is 0 Å². The third-order valence-corrected chi connectivity index (χ3v) is 10.5. The quantitative estimate of drug-likeness (QED) is 0.166. The summed E-state index contributed by atoms with van der Waals surface area (Å²) in [5, 5.41) is 4.75. The lowest BCUT2D eigenvalue weighted by molar-refractivity contribution is 0.669. The van der Waals surface area contributed by atoms with Crippen LogP contribution in [0.3, 0.4) is 0 Å². The Morgan fingerprint density at radius 2 is 0.852 bits per heavy atom. The molecule has 0 aliphatic carbocycles. The van der Waals surface area contributed by atoms with Crippen LogP contribution in [0.1, 0.15) is 0 Å². The number of hydrogen-bond acceptors (Lipinski definition) is 2. The smallest absolute Gasteiger partial charge is 0.136 e. The maximum absolute atomic E-state index is 6.30. The number of para-hydroxylation sites is 1. The van der Waals surface area contributed by atoms with Crippen molar-refractivity contribution in [1.82, 2.24) is 0 Å². The monoisotopic (exact) mass is 689 g/mol. The number of hydrogen-bond donors (Lipinski definition) is 0. The first kappa shape index (κ1) is 31.6. The molecule has 0 amide bonds. The third-order valence-electron chi connectivity index (χ3n) is 10.5. The summed E-state index contributed by atoms with van der Waals surface area (Å²) < 4.78 is 6.30. The second kappa shape index (κ2) is 13.4. The molecule has 0 saturated heterocycles. The highest BCUT2D eigenvalue weighted by Gasteiger charge is 2.19. The van der Waals surface area contributed by atoms with Gasteiger partial charge in [0.15, 0.2) is 0 Å². The van der Waals surface area contributed by atoms with E-state index in [1.165, 1.54) is 44.2 Å². The lowest BCUT2D eigenvalue weighted by Crippen LogP contribution is -2.10. The highest BCUT2D eigenvalue weighted by atomic mass is 16.3. The van der Waals surface area contributed by atoms with Crippen LogP contribution in [0.2, 0.25) is 0 Å². The molecule has 0 aliphatic heterocycles. The lowest BCUT2D eigenvalue weighted by Gasteiger charge is -2.27. The molecule has 1 heterocycles. The second-order valence-electron chi connectivity index (χ2n) is 13.7. The largest absolute Gasteiger partial charge is 0.456 e. The van der Waals surface area contributed by atoms with E-state index in [4.69, 9.17) is 4.42 Å². The van der Waals surface area contributed by atoms with E-state index < -0.39 is 0 Å². The Morgan fingerprint density at radius 3 is 1.67 bits per heavy atom. The minimum atomic E-state index is 0.893. The van der Waals surface area contributed by atoms with E-state index in [2.05, 4.69) is 205 Å². The van der Waals surface area contributed by atoms with E-state index in [1.54, 1.807) is 0 Å². The van der Waals surface area contributed by atoms with Gasteiger partial charge in [0.1, 0.15) is 11.2 Å². The predicted molar refractivity (Wildman–Crippen MR) is 228 cm³/mol. The molecule has 0 radical (unpaired) electrons. The van der Waals surface area contributed by atoms with Crippen molar-refractivity contribution in [1.29, 1.82) is 0 Å². The molecule has 254 valence electrons. The highest BCUT2D eigenvalue weighted by molar-refractivity contribution is 6.12. The molecule has 0 aliphatic rings. The first-order valence-electron chi connectivity index (χ1n) is 18.4. The Bertz CT molecular complexity index is 2920. The Labute approximate surface area is 314 Å². The van der Waals surface area contributed by atoms with Crippen molar-refractivity contribution in [2.24, 2.45) is 0 Å². The zero-order valence-corrected chi connectivity index (χ0v) is 29.6. The number of furan rings is 1. The van der Waals surface area contributed by atoms with E-state index in [0.717, 1.165) is 50.1 Å². The topological polar surface area (TPSA) is 16.4 Å². The van der Waals surface area contributed by atoms with Gasteiger partial charge in [0, 0.05) is 27.8 Å². The number of nitrogens with zero attached hydrogens (tertiary/aromatic N) is 1. The molecular formula is C52H35NO. The maximum atomic E-state index is 6.30.